The van der Waals surface area contributed by atoms with Gasteiger partial charge in [0.2, 0.25) is 23.6 Å². The maximum Gasteiger partial charge on any atom is 0.230 e. The largest absolute Gasteiger partial charge is 0.395 e. The number of unbranched alkanes of at least 4 members (excludes halogenated alkanes) is 4. The Morgan fingerprint density at radius 1 is 0.885 bits per heavy atom. The Morgan fingerprint density at radius 3 is 2.17 bits per heavy atom. The topological polar surface area (TPSA) is 228 Å². The molecular formula is C61H92N10O7. The Kier molecular flexibility index (Phi) is 30.2. The summed E-state index contributed by atoms with van der Waals surface area (Å²) in [6.45, 7) is 26.1. The highest BCUT2D eigenvalue weighted by atomic mass is 16.4. The van der Waals surface area contributed by atoms with Gasteiger partial charge in [0.15, 0.2) is 5.78 Å². The van der Waals surface area contributed by atoms with Gasteiger partial charge in [0.1, 0.15) is 5.69 Å². The van der Waals surface area contributed by atoms with Gasteiger partial charge in [-0.1, -0.05) is 110 Å². The normalized spacial score (nSPS) is 16.2. The number of aromatic nitrogens is 3. The average molecular weight is 1080 g/mol. The molecule has 17 heteroatoms. The van der Waals surface area contributed by atoms with Crippen molar-refractivity contribution in [1.82, 2.24) is 45.6 Å². The zero-order chi connectivity index (χ0) is 57.5. The molecule has 2 aliphatic heterocycles. The number of likely N-dealkylation sites (tertiary alicyclic amines) is 2. The van der Waals surface area contributed by atoms with Gasteiger partial charge >= 0.3 is 0 Å². The summed E-state index contributed by atoms with van der Waals surface area (Å²) in [4.78, 5) is 66.8. The van der Waals surface area contributed by atoms with E-state index in [-0.39, 0.29) is 53.4 Å². The van der Waals surface area contributed by atoms with E-state index < -0.39 is 0 Å². The number of nitrogens with zero attached hydrogens (tertiary/aromatic N) is 6. The molecule has 2 fully saturated rings. The van der Waals surface area contributed by atoms with E-state index in [1.54, 1.807) is 16.8 Å². The van der Waals surface area contributed by atoms with Crippen molar-refractivity contribution in [2.24, 2.45) is 17.2 Å². The maximum absolute atomic E-state index is 12.3. The molecule has 0 radical (unpaired) electrons. The third-order valence-electron chi connectivity index (χ3n) is 14.5. The number of amides is 4. The smallest absolute Gasteiger partial charge is 0.230 e. The fourth-order valence-electron chi connectivity index (χ4n) is 9.37. The summed E-state index contributed by atoms with van der Waals surface area (Å²) in [5.41, 5.74) is 7.91. The summed E-state index contributed by atoms with van der Waals surface area (Å²) < 4.78 is 1.77. The SMILES string of the molecule is C=C/C=C(NC)\C(=C/C)C(=C)CCN(CCO)Cc1ccc(/C=C/C(=O)Cc2ccc(C)cc2)cc1.CC1CCCN(CCCCCC(=O)NCc2cn(CCCCCC(=O)NCCN3C(=O)C(C)(C)C3C)nn2)C1=O.NO. The first kappa shape index (κ1) is 65.8. The fraction of sp³-hybridized carbons (Fsp3) is 0.525. The van der Waals surface area contributed by atoms with E-state index in [0.717, 1.165) is 123 Å². The van der Waals surface area contributed by atoms with E-state index in [2.05, 4.69) is 68.4 Å². The van der Waals surface area contributed by atoms with Gasteiger partial charge in [-0.25, -0.2) is 5.90 Å². The molecule has 2 aliphatic rings. The van der Waals surface area contributed by atoms with E-state index in [1.807, 2.05) is 113 Å². The Morgan fingerprint density at radius 2 is 1.54 bits per heavy atom. The van der Waals surface area contributed by atoms with Gasteiger partial charge in [-0.3, -0.25) is 33.6 Å². The summed E-state index contributed by atoms with van der Waals surface area (Å²) in [5.74, 6) is 4.18. The first-order valence-electron chi connectivity index (χ1n) is 27.8. The lowest BCUT2D eigenvalue weighted by Gasteiger charge is -2.51. The van der Waals surface area contributed by atoms with Gasteiger partial charge < -0.3 is 36.1 Å². The summed E-state index contributed by atoms with van der Waals surface area (Å²) in [6.07, 6.45) is 20.6. The third kappa shape index (κ3) is 22.8. The number of aliphatic hydroxyl groups excluding tert-OH is 1. The Bertz CT molecular complexity index is 2440. The molecule has 0 saturated carbocycles. The quantitative estimate of drug-likeness (QED) is 0.0116. The third-order valence-corrected chi connectivity index (χ3v) is 14.5. The monoisotopic (exact) mass is 1080 g/mol. The summed E-state index contributed by atoms with van der Waals surface area (Å²) >= 11 is 0. The van der Waals surface area contributed by atoms with E-state index >= 15 is 0 Å². The molecule has 78 heavy (non-hydrogen) atoms. The minimum absolute atomic E-state index is 0.00493. The van der Waals surface area contributed by atoms with Crippen molar-refractivity contribution in [1.29, 1.82) is 0 Å². The number of allylic oxidation sites excluding steroid dienone is 5. The molecule has 2 atom stereocenters. The van der Waals surface area contributed by atoms with Crippen LogP contribution in [0.25, 0.3) is 6.08 Å². The maximum atomic E-state index is 12.3. The van der Waals surface area contributed by atoms with Crippen LogP contribution in [-0.2, 0) is 50.0 Å². The number of likely N-dealkylation sites (N-methyl/N-ethyl adjacent to an activating group) is 1. The number of carbonyl (C=O) groups is 5. The van der Waals surface area contributed by atoms with Crippen LogP contribution >= 0.6 is 0 Å². The minimum atomic E-state index is -0.292. The lowest BCUT2D eigenvalue weighted by atomic mass is 9.75. The highest BCUT2D eigenvalue weighted by Gasteiger charge is 2.50. The van der Waals surface area contributed by atoms with Crippen molar-refractivity contribution < 1.29 is 34.3 Å². The average Bonchev–Trinajstić information content (AvgIpc) is 3.99. The molecule has 3 heterocycles. The van der Waals surface area contributed by atoms with Crippen LogP contribution < -0.4 is 21.8 Å². The fourth-order valence-corrected chi connectivity index (χ4v) is 9.37. The zero-order valence-electron chi connectivity index (χ0n) is 47.9. The van der Waals surface area contributed by atoms with Gasteiger partial charge in [0.05, 0.1) is 24.8 Å². The second kappa shape index (κ2) is 35.8. The minimum Gasteiger partial charge on any atom is -0.395 e. The summed E-state index contributed by atoms with van der Waals surface area (Å²) in [7, 11) is 1.89. The van der Waals surface area contributed by atoms with Gasteiger partial charge in [-0.2, -0.15) is 0 Å². The van der Waals surface area contributed by atoms with Crippen LogP contribution in [0.2, 0.25) is 0 Å². The van der Waals surface area contributed by atoms with E-state index in [1.165, 1.54) is 5.56 Å². The number of β-lactam (4-membered cyclic amide) rings is 1. The van der Waals surface area contributed by atoms with Crippen molar-refractivity contribution in [2.75, 3.05) is 52.9 Å². The number of nitrogens with two attached hydrogens (primary N) is 1. The number of ketones is 1. The first-order chi connectivity index (χ1) is 37.5. The number of nitrogens with one attached hydrogen (secondary N) is 3. The van der Waals surface area contributed by atoms with Crippen molar-refractivity contribution in [3.63, 3.8) is 0 Å². The highest BCUT2D eigenvalue weighted by Crippen LogP contribution is 2.37. The Balaban J connectivity index is 0.000000400. The number of benzene rings is 2. The standard InChI is InChI=1S/C32H40N2O2.C29H49N7O4.H3NO/c1-6-8-32(33-5)31(7-2)26(4)19-20-34(21-22-35)24-29-15-13-27(14-16-29)17-18-30(36)23-28-11-9-25(3)10-12-28;1-22-12-11-17-34(27(22)39)16-9-5-7-14-26(38)31-20-24-21-35(33-32-24)18-10-6-8-13-25(37)30-15-19-36-23(2)29(3,4)28(36)40;1-2/h6-18,33,35H,1,4,19-24H2,2-3,5H3;21-23H,5-20H2,1-4H3,(H,30,37)(H,31,38);2H,1H2/b18-17+,31-7-,32-8+;;. The second-order valence-electron chi connectivity index (χ2n) is 20.8. The second-order valence-corrected chi connectivity index (χ2v) is 20.8. The van der Waals surface area contributed by atoms with Crippen molar-refractivity contribution in [3.05, 3.63) is 137 Å². The van der Waals surface area contributed by atoms with Crippen LogP contribution in [0.15, 0.2) is 109 Å². The predicted molar refractivity (Wildman–Crippen MR) is 310 cm³/mol. The first-order valence-corrected chi connectivity index (χ1v) is 27.8. The van der Waals surface area contributed by atoms with Crippen LogP contribution in [0.4, 0.5) is 0 Å². The Hall–Kier alpha value is -6.53. The molecule has 4 amide bonds. The Labute approximate surface area is 465 Å². The molecule has 0 spiro atoms. The number of carbonyl (C=O) groups excluding carboxylic acids is 5. The molecule has 5 rings (SSSR count). The van der Waals surface area contributed by atoms with Gasteiger partial charge in [-0.05, 0) is 120 Å². The van der Waals surface area contributed by atoms with Gasteiger partial charge in [-0.15, -0.1) is 5.10 Å². The molecule has 2 aromatic carbocycles. The highest BCUT2D eigenvalue weighted by molar-refractivity contribution is 5.95. The van der Waals surface area contributed by atoms with E-state index in [0.29, 0.717) is 52.0 Å². The summed E-state index contributed by atoms with van der Waals surface area (Å²) in [5, 5.41) is 33.4. The van der Waals surface area contributed by atoms with Crippen molar-refractivity contribution in [2.45, 2.75) is 144 Å². The van der Waals surface area contributed by atoms with E-state index in [4.69, 9.17) is 5.21 Å². The zero-order valence-corrected chi connectivity index (χ0v) is 47.9. The molecule has 428 valence electrons. The molecule has 0 aliphatic carbocycles. The van der Waals surface area contributed by atoms with Gasteiger partial charge in [0, 0.05) is 96.3 Å². The summed E-state index contributed by atoms with van der Waals surface area (Å²) in [6, 6.07) is 16.5. The number of rotatable bonds is 32. The molecule has 2 unspecified atom stereocenters. The van der Waals surface area contributed by atoms with Crippen LogP contribution in [-0.4, -0.2) is 128 Å². The number of aliphatic hydroxyl groups is 1. The molecule has 17 nitrogen and oxygen atoms in total. The number of hydrogen-bond acceptors (Lipinski definition) is 12. The molecule has 0 bridgehead atoms. The number of aryl methyl sites for hydroxylation is 2. The van der Waals surface area contributed by atoms with Crippen molar-refractivity contribution in [3.8, 4) is 0 Å². The lowest BCUT2D eigenvalue weighted by Crippen LogP contribution is -2.66. The molecule has 1 aromatic heterocycles. The van der Waals surface area contributed by atoms with Gasteiger partial charge in [0.25, 0.3) is 0 Å². The molecule has 2 saturated heterocycles. The predicted octanol–water partition coefficient (Wildman–Crippen LogP) is 7.78. The van der Waals surface area contributed by atoms with Crippen LogP contribution in [0.3, 0.4) is 0 Å². The number of hydrogen-bond donors (Lipinski definition) is 6. The van der Waals surface area contributed by atoms with Crippen LogP contribution in [0.1, 0.15) is 133 Å². The lowest BCUT2D eigenvalue weighted by molar-refractivity contribution is -0.166. The molecule has 7 N–H and O–H groups in total. The van der Waals surface area contributed by atoms with E-state index in [9.17, 15) is 29.1 Å². The molecular weight excluding hydrogens is 985 g/mol. The number of piperidine rings is 1. The molecule has 3 aromatic rings. The van der Waals surface area contributed by atoms with Crippen molar-refractivity contribution >= 4 is 35.5 Å². The van der Waals surface area contributed by atoms with Crippen LogP contribution in [0, 0.1) is 18.3 Å². The van der Waals surface area contributed by atoms with Crippen LogP contribution in [0.5, 0.6) is 0 Å².